The molecule has 8 nitrogen and oxygen atoms in total. The van der Waals surface area contributed by atoms with Crippen LogP contribution in [0.1, 0.15) is 26.7 Å². The molecule has 2 heterocycles. The van der Waals surface area contributed by atoms with Crippen LogP contribution in [-0.2, 0) is 24.2 Å². The van der Waals surface area contributed by atoms with Crippen LogP contribution in [0.4, 0.5) is 0 Å². The molecule has 0 aromatic heterocycles. The van der Waals surface area contributed by atoms with Gasteiger partial charge in [0.25, 0.3) is 0 Å². The first-order valence-corrected chi connectivity index (χ1v) is 12.0. The number of sulfone groups is 1. The molecule has 2 saturated heterocycles. The van der Waals surface area contributed by atoms with Gasteiger partial charge < -0.3 is 14.7 Å². The third kappa shape index (κ3) is 5.00. The molecule has 2 fully saturated rings. The predicted octanol–water partition coefficient (Wildman–Crippen LogP) is 0.778. The van der Waals surface area contributed by atoms with Crippen molar-refractivity contribution >= 4 is 27.6 Å². The standard InChI is InChI=1S/C21H29N3O5S/c1-16(2)14-23-15-20(26)24-12-11-22(10-8-18(24)21(23)27)19(25)9-13-30(28,29)17-6-4-3-5-7-17/h3-7,16,18H,8-15H2,1-2H3. The van der Waals surface area contributed by atoms with Crippen LogP contribution in [0, 0.1) is 5.92 Å². The maximum absolute atomic E-state index is 12.8. The van der Waals surface area contributed by atoms with E-state index in [0.29, 0.717) is 32.6 Å². The highest BCUT2D eigenvalue weighted by molar-refractivity contribution is 7.91. The fraction of sp³-hybridized carbons (Fsp3) is 0.571. The number of fused-ring (bicyclic) bond motifs is 1. The van der Waals surface area contributed by atoms with Gasteiger partial charge in [-0.2, -0.15) is 0 Å². The number of piperazine rings is 1. The van der Waals surface area contributed by atoms with Gasteiger partial charge in [0.1, 0.15) is 6.04 Å². The summed E-state index contributed by atoms with van der Waals surface area (Å²) in [5, 5.41) is 0. The number of hydrogen-bond donors (Lipinski definition) is 0. The fourth-order valence-corrected chi connectivity index (χ4v) is 5.25. The van der Waals surface area contributed by atoms with Crippen LogP contribution in [0.2, 0.25) is 0 Å². The highest BCUT2D eigenvalue weighted by Gasteiger charge is 2.41. The summed E-state index contributed by atoms with van der Waals surface area (Å²) in [4.78, 5) is 43.0. The molecule has 1 aromatic rings. The molecule has 1 atom stereocenters. The molecule has 2 aliphatic heterocycles. The number of hydrogen-bond acceptors (Lipinski definition) is 5. The minimum atomic E-state index is -3.53. The monoisotopic (exact) mass is 435 g/mol. The number of nitrogens with zero attached hydrogens (tertiary/aromatic N) is 3. The molecule has 164 valence electrons. The van der Waals surface area contributed by atoms with Crippen LogP contribution >= 0.6 is 0 Å². The quantitative estimate of drug-likeness (QED) is 0.658. The molecule has 1 unspecified atom stereocenters. The molecule has 0 saturated carbocycles. The predicted molar refractivity (Wildman–Crippen MR) is 111 cm³/mol. The van der Waals surface area contributed by atoms with E-state index >= 15 is 0 Å². The van der Waals surface area contributed by atoms with E-state index in [1.54, 1.807) is 32.9 Å². The lowest BCUT2D eigenvalue weighted by atomic mass is 10.1. The van der Waals surface area contributed by atoms with Crippen molar-refractivity contribution in [2.24, 2.45) is 5.92 Å². The van der Waals surface area contributed by atoms with Gasteiger partial charge in [0.2, 0.25) is 17.7 Å². The van der Waals surface area contributed by atoms with Gasteiger partial charge >= 0.3 is 0 Å². The second kappa shape index (κ2) is 9.16. The maximum Gasteiger partial charge on any atom is 0.245 e. The van der Waals surface area contributed by atoms with Gasteiger partial charge in [-0.25, -0.2) is 8.42 Å². The Hall–Kier alpha value is -2.42. The average molecular weight is 436 g/mol. The highest BCUT2D eigenvalue weighted by Crippen LogP contribution is 2.21. The summed E-state index contributed by atoms with van der Waals surface area (Å²) in [6.07, 6.45) is 0.250. The van der Waals surface area contributed by atoms with Crippen molar-refractivity contribution in [2.75, 3.05) is 38.5 Å². The Balaban J connectivity index is 1.61. The minimum absolute atomic E-state index is 0.0655. The minimum Gasteiger partial charge on any atom is -0.341 e. The smallest absolute Gasteiger partial charge is 0.245 e. The molecule has 2 aliphatic rings. The lowest BCUT2D eigenvalue weighted by molar-refractivity contribution is -0.156. The van der Waals surface area contributed by atoms with Gasteiger partial charge in [0.05, 0.1) is 17.2 Å². The fourth-order valence-electron chi connectivity index (χ4n) is 4.00. The van der Waals surface area contributed by atoms with Crippen molar-refractivity contribution in [3.8, 4) is 0 Å². The van der Waals surface area contributed by atoms with Crippen LogP contribution < -0.4 is 0 Å². The zero-order chi connectivity index (χ0) is 21.9. The SMILES string of the molecule is CC(C)CN1CC(=O)N2CCN(C(=O)CCS(=O)(=O)c3ccccc3)CCC2C1=O. The van der Waals surface area contributed by atoms with E-state index in [4.69, 9.17) is 0 Å². The Kier molecular flexibility index (Phi) is 6.80. The van der Waals surface area contributed by atoms with Gasteiger partial charge in [0.15, 0.2) is 9.84 Å². The number of carbonyl (C=O) groups is 3. The average Bonchev–Trinajstić information content (AvgIpc) is 2.94. The summed E-state index contributed by atoms with van der Waals surface area (Å²) >= 11 is 0. The molecule has 30 heavy (non-hydrogen) atoms. The topological polar surface area (TPSA) is 95.1 Å². The molecule has 3 rings (SSSR count). The third-order valence-corrected chi connectivity index (χ3v) is 7.26. The lowest BCUT2D eigenvalue weighted by Crippen LogP contribution is -2.60. The zero-order valence-corrected chi connectivity index (χ0v) is 18.3. The van der Waals surface area contributed by atoms with E-state index in [1.165, 1.54) is 12.1 Å². The van der Waals surface area contributed by atoms with Gasteiger partial charge in [-0.15, -0.1) is 0 Å². The molecule has 0 radical (unpaired) electrons. The molecule has 9 heteroatoms. The summed E-state index contributed by atoms with van der Waals surface area (Å²) in [6, 6.07) is 7.53. The molecule has 0 spiro atoms. The van der Waals surface area contributed by atoms with Crippen LogP contribution in [0.15, 0.2) is 35.2 Å². The largest absolute Gasteiger partial charge is 0.341 e. The summed E-state index contributed by atoms with van der Waals surface area (Å²) in [7, 11) is -3.53. The highest BCUT2D eigenvalue weighted by atomic mass is 32.2. The summed E-state index contributed by atoms with van der Waals surface area (Å²) in [5.41, 5.74) is 0. The van der Waals surface area contributed by atoms with E-state index in [2.05, 4.69) is 0 Å². The van der Waals surface area contributed by atoms with Gasteiger partial charge in [-0.1, -0.05) is 32.0 Å². The summed E-state index contributed by atoms with van der Waals surface area (Å²) in [6.45, 7) is 5.56. The molecular weight excluding hydrogens is 406 g/mol. The van der Waals surface area contributed by atoms with Gasteiger partial charge in [-0.3, -0.25) is 14.4 Å². The molecule has 0 N–H and O–H groups in total. The number of carbonyl (C=O) groups excluding carboxylic acids is 3. The lowest BCUT2D eigenvalue weighted by Gasteiger charge is -2.39. The Morgan fingerprint density at radius 1 is 1.10 bits per heavy atom. The molecule has 3 amide bonds. The van der Waals surface area contributed by atoms with Crippen LogP contribution in [-0.4, -0.2) is 85.4 Å². The van der Waals surface area contributed by atoms with Crippen LogP contribution in [0.3, 0.4) is 0 Å². The first-order chi connectivity index (χ1) is 14.2. The zero-order valence-electron chi connectivity index (χ0n) is 17.5. The van der Waals surface area contributed by atoms with Crippen molar-refractivity contribution < 1.29 is 22.8 Å². The summed E-state index contributed by atoms with van der Waals surface area (Å²) < 4.78 is 24.9. The van der Waals surface area contributed by atoms with E-state index in [1.807, 2.05) is 13.8 Å². The van der Waals surface area contributed by atoms with Crippen molar-refractivity contribution in [2.45, 2.75) is 37.6 Å². The van der Waals surface area contributed by atoms with Crippen LogP contribution in [0.5, 0.6) is 0 Å². The number of benzene rings is 1. The van der Waals surface area contributed by atoms with E-state index in [-0.39, 0.29) is 47.3 Å². The van der Waals surface area contributed by atoms with E-state index in [0.717, 1.165) is 0 Å². The first-order valence-electron chi connectivity index (χ1n) is 10.3. The van der Waals surface area contributed by atoms with Crippen LogP contribution in [0.25, 0.3) is 0 Å². The Morgan fingerprint density at radius 2 is 1.80 bits per heavy atom. The normalized spacial score (nSPS) is 20.4. The van der Waals surface area contributed by atoms with Crippen molar-refractivity contribution in [1.82, 2.24) is 14.7 Å². The van der Waals surface area contributed by atoms with Crippen molar-refractivity contribution in [3.63, 3.8) is 0 Å². The molecule has 0 aliphatic carbocycles. The van der Waals surface area contributed by atoms with Gasteiger partial charge in [-0.05, 0) is 24.5 Å². The van der Waals surface area contributed by atoms with Crippen molar-refractivity contribution in [3.05, 3.63) is 30.3 Å². The molecular formula is C21H29N3O5S. The Bertz CT molecular complexity index is 900. The van der Waals surface area contributed by atoms with E-state index < -0.39 is 15.9 Å². The van der Waals surface area contributed by atoms with E-state index in [9.17, 15) is 22.8 Å². The Morgan fingerprint density at radius 3 is 2.47 bits per heavy atom. The number of rotatable bonds is 6. The van der Waals surface area contributed by atoms with Crippen molar-refractivity contribution in [1.29, 1.82) is 0 Å². The van der Waals surface area contributed by atoms with Gasteiger partial charge in [0, 0.05) is 32.6 Å². The second-order valence-corrected chi connectivity index (χ2v) is 10.4. The molecule has 0 bridgehead atoms. The molecule has 1 aromatic carbocycles. The Labute approximate surface area is 177 Å². The third-order valence-electron chi connectivity index (χ3n) is 5.53. The number of amides is 3. The summed E-state index contributed by atoms with van der Waals surface area (Å²) in [5.74, 6) is -0.429. The second-order valence-electron chi connectivity index (χ2n) is 8.27. The first kappa shape index (κ1) is 22.3. The maximum atomic E-state index is 12.8.